The fourth-order valence-electron chi connectivity index (χ4n) is 4.41. The third-order valence-electron chi connectivity index (χ3n) is 6.23. The molecule has 2 aliphatic rings. The van der Waals surface area contributed by atoms with Crippen LogP contribution in [0.3, 0.4) is 0 Å². The molecule has 0 radical (unpaired) electrons. The number of benzene rings is 1. The summed E-state index contributed by atoms with van der Waals surface area (Å²) in [5.41, 5.74) is 5.36. The Balaban J connectivity index is 0.00000380. The van der Waals surface area contributed by atoms with Crippen molar-refractivity contribution in [3.05, 3.63) is 52.4 Å². The summed E-state index contributed by atoms with van der Waals surface area (Å²) in [5.74, 6) is -5.99. The van der Waals surface area contributed by atoms with Crippen LogP contribution in [0.15, 0.2) is 12.1 Å². The number of nitrogens with one attached hydrogen (secondary N) is 1. The standard InChI is InChI=1S/C22H24F6N6O2.ClH/c23-14-10-16(25)15(24)8-12(14)7-13(29)9-18(35)33-5-6-34-17(11-33)19(31-21(34)22(26,27)28)20(36)32-3-1-30-2-4-32;/h8,10,13,30H,1-7,9,11,29H2;1H/t13-;/m1./s1. The van der Waals surface area contributed by atoms with Gasteiger partial charge in [-0.15, -0.1) is 12.4 Å². The number of hydrogen-bond donors (Lipinski definition) is 2. The zero-order valence-electron chi connectivity index (χ0n) is 19.5. The van der Waals surface area contributed by atoms with Gasteiger partial charge in [0.1, 0.15) is 5.82 Å². The Morgan fingerprint density at radius 1 is 1.00 bits per heavy atom. The number of piperazine rings is 1. The fraction of sp³-hybridized carbons (Fsp3) is 0.500. The number of alkyl halides is 3. The van der Waals surface area contributed by atoms with Crippen molar-refractivity contribution in [2.24, 2.45) is 5.73 Å². The quantitative estimate of drug-likeness (QED) is 0.436. The Morgan fingerprint density at radius 2 is 1.65 bits per heavy atom. The van der Waals surface area contributed by atoms with Gasteiger partial charge < -0.3 is 25.4 Å². The summed E-state index contributed by atoms with van der Waals surface area (Å²) in [7, 11) is 0. The van der Waals surface area contributed by atoms with Crippen molar-refractivity contribution >= 4 is 24.2 Å². The minimum Gasteiger partial charge on any atom is -0.335 e. The second-order valence-electron chi connectivity index (χ2n) is 8.76. The molecule has 0 spiro atoms. The molecule has 2 aromatic rings. The molecule has 0 unspecified atom stereocenters. The monoisotopic (exact) mass is 554 g/mol. The van der Waals surface area contributed by atoms with E-state index in [0.717, 1.165) is 4.57 Å². The lowest BCUT2D eigenvalue weighted by atomic mass is 10.0. The first kappa shape index (κ1) is 28.7. The van der Waals surface area contributed by atoms with Crippen molar-refractivity contribution < 1.29 is 35.9 Å². The van der Waals surface area contributed by atoms with Gasteiger partial charge in [-0.2, -0.15) is 13.2 Å². The zero-order valence-corrected chi connectivity index (χ0v) is 20.3. The number of halogens is 7. The summed E-state index contributed by atoms with van der Waals surface area (Å²) in [5, 5.41) is 3.05. The number of nitrogens with two attached hydrogens (primary N) is 1. The molecule has 8 nitrogen and oxygen atoms in total. The lowest BCUT2D eigenvalue weighted by Gasteiger charge is -2.31. The van der Waals surface area contributed by atoms with Gasteiger partial charge in [0.05, 0.1) is 12.2 Å². The second-order valence-corrected chi connectivity index (χ2v) is 8.76. The van der Waals surface area contributed by atoms with Gasteiger partial charge in [0, 0.05) is 57.8 Å². The van der Waals surface area contributed by atoms with Crippen LogP contribution in [0.25, 0.3) is 0 Å². The van der Waals surface area contributed by atoms with Gasteiger partial charge in [-0.3, -0.25) is 9.59 Å². The van der Waals surface area contributed by atoms with Crippen LogP contribution < -0.4 is 11.1 Å². The zero-order chi connectivity index (χ0) is 26.2. The number of aromatic nitrogens is 2. The Bertz CT molecular complexity index is 1170. The number of carbonyl (C=O) groups is 2. The van der Waals surface area contributed by atoms with E-state index in [-0.39, 0.29) is 61.8 Å². The molecule has 1 fully saturated rings. The van der Waals surface area contributed by atoms with Crippen LogP contribution in [0.1, 0.15) is 34.0 Å². The van der Waals surface area contributed by atoms with Crippen molar-refractivity contribution in [1.29, 1.82) is 0 Å². The molecule has 15 heteroatoms. The molecule has 1 saturated heterocycles. The smallest absolute Gasteiger partial charge is 0.335 e. The molecule has 1 atom stereocenters. The van der Waals surface area contributed by atoms with E-state index in [4.69, 9.17) is 5.73 Å². The summed E-state index contributed by atoms with van der Waals surface area (Å²) < 4.78 is 82.3. The first-order valence-electron chi connectivity index (χ1n) is 11.3. The molecule has 2 aliphatic heterocycles. The number of rotatable bonds is 5. The van der Waals surface area contributed by atoms with Crippen molar-refractivity contribution in [2.45, 2.75) is 38.1 Å². The van der Waals surface area contributed by atoms with Crippen LogP contribution in [0.5, 0.6) is 0 Å². The molecular formula is C22H25ClF6N6O2. The minimum absolute atomic E-state index is 0. The highest BCUT2D eigenvalue weighted by Crippen LogP contribution is 2.33. The molecule has 3 heterocycles. The molecule has 0 bridgehead atoms. The SMILES string of the molecule is Cl.N[C@@H](CC(=O)N1CCn2c(C(F)(F)F)nc(C(=O)N3CCNCC3)c2C1)Cc1cc(F)c(F)cc1F. The highest BCUT2D eigenvalue weighted by atomic mass is 35.5. The topological polar surface area (TPSA) is 96.5 Å². The average molecular weight is 555 g/mol. The normalized spacial score (nSPS) is 16.7. The predicted molar refractivity (Wildman–Crippen MR) is 121 cm³/mol. The van der Waals surface area contributed by atoms with Crippen LogP contribution in [0.4, 0.5) is 26.3 Å². The molecule has 0 aliphatic carbocycles. The summed E-state index contributed by atoms with van der Waals surface area (Å²) >= 11 is 0. The van der Waals surface area contributed by atoms with Gasteiger partial charge in [0.2, 0.25) is 11.7 Å². The van der Waals surface area contributed by atoms with Crippen LogP contribution >= 0.6 is 12.4 Å². The molecule has 37 heavy (non-hydrogen) atoms. The largest absolute Gasteiger partial charge is 0.449 e. The number of fused-ring (bicyclic) bond motifs is 1. The van der Waals surface area contributed by atoms with E-state index in [1.165, 1.54) is 9.80 Å². The van der Waals surface area contributed by atoms with Crippen molar-refractivity contribution in [1.82, 2.24) is 24.7 Å². The molecular weight excluding hydrogens is 530 g/mol. The number of nitrogens with zero attached hydrogens (tertiary/aromatic N) is 4. The van der Waals surface area contributed by atoms with E-state index in [1.54, 1.807) is 0 Å². The molecule has 3 N–H and O–H groups in total. The van der Waals surface area contributed by atoms with Crippen molar-refractivity contribution in [3.63, 3.8) is 0 Å². The predicted octanol–water partition coefficient (Wildman–Crippen LogP) is 2.09. The lowest BCUT2D eigenvalue weighted by molar-refractivity contribution is -0.148. The van der Waals surface area contributed by atoms with E-state index >= 15 is 0 Å². The first-order chi connectivity index (χ1) is 17.0. The highest BCUT2D eigenvalue weighted by molar-refractivity contribution is 5.94. The number of hydrogen-bond acceptors (Lipinski definition) is 5. The van der Waals surface area contributed by atoms with E-state index in [0.29, 0.717) is 38.3 Å². The maximum Gasteiger partial charge on any atom is 0.449 e. The molecule has 1 aromatic heterocycles. The van der Waals surface area contributed by atoms with Crippen molar-refractivity contribution in [2.75, 3.05) is 32.7 Å². The van der Waals surface area contributed by atoms with Crippen LogP contribution in [0, 0.1) is 17.5 Å². The second kappa shape index (κ2) is 11.3. The van der Waals surface area contributed by atoms with Gasteiger partial charge >= 0.3 is 6.18 Å². The maximum atomic E-state index is 13.9. The van der Waals surface area contributed by atoms with E-state index in [9.17, 15) is 35.9 Å². The van der Waals surface area contributed by atoms with E-state index in [1.807, 2.05) is 0 Å². The lowest BCUT2D eigenvalue weighted by Crippen LogP contribution is -2.47. The summed E-state index contributed by atoms with van der Waals surface area (Å²) in [4.78, 5) is 32.2. The Morgan fingerprint density at radius 3 is 2.30 bits per heavy atom. The highest BCUT2D eigenvalue weighted by Gasteiger charge is 2.42. The number of imidazole rings is 1. The van der Waals surface area contributed by atoms with Crippen LogP contribution in [0.2, 0.25) is 0 Å². The summed E-state index contributed by atoms with van der Waals surface area (Å²) in [6, 6.07) is 0.0952. The third kappa shape index (κ3) is 6.18. The minimum atomic E-state index is -4.79. The summed E-state index contributed by atoms with van der Waals surface area (Å²) in [6.45, 7) is 1.00. The number of amides is 2. The van der Waals surface area contributed by atoms with Gasteiger partial charge in [0.15, 0.2) is 17.3 Å². The Kier molecular flexibility index (Phi) is 8.75. The third-order valence-corrected chi connectivity index (χ3v) is 6.23. The molecule has 1 aromatic carbocycles. The Hall–Kier alpha value is -2.84. The van der Waals surface area contributed by atoms with Gasteiger partial charge in [-0.05, 0) is 18.1 Å². The average Bonchev–Trinajstić information content (AvgIpc) is 3.22. The summed E-state index contributed by atoms with van der Waals surface area (Å²) in [6.07, 6.45) is -5.37. The molecule has 4 rings (SSSR count). The van der Waals surface area contributed by atoms with E-state index < -0.39 is 47.3 Å². The first-order valence-corrected chi connectivity index (χ1v) is 11.3. The van der Waals surface area contributed by atoms with E-state index in [2.05, 4.69) is 10.3 Å². The fourth-order valence-corrected chi connectivity index (χ4v) is 4.41. The van der Waals surface area contributed by atoms with Gasteiger partial charge in [0.25, 0.3) is 5.91 Å². The molecule has 204 valence electrons. The van der Waals surface area contributed by atoms with Gasteiger partial charge in [-0.25, -0.2) is 18.2 Å². The van der Waals surface area contributed by atoms with Crippen LogP contribution in [-0.4, -0.2) is 69.9 Å². The van der Waals surface area contributed by atoms with Crippen LogP contribution in [-0.2, 0) is 30.5 Å². The Labute approximate surface area is 214 Å². The maximum absolute atomic E-state index is 13.9. The van der Waals surface area contributed by atoms with Gasteiger partial charge in [-0.1, -0.05) is 0 Å². The molecule has 0 saturated carbocycles. The number of carbonyl (C=O) groups excluding carboxylic acids is 2. The molecule has 2 amide bonds. The van der Waals surface area contributed by atoms with Crippen molar-refractivity contribution in [3.8, 4) is 0 Å².